The maximum Gasteiger partial charge on any atom is 0.312 e. The first-order valence-corrected chi connectivity index (χ1v) is 7.25. The highest BCUT2D eigenvalue weighted by Gasteiger charge is 2.55. The summed E-state index contributed by atoms with van der Waals surface area (Å²) in [5.41, 5.74) is -1.60. The molecule has 0 aliphatic carbocycles. The molecule has 4 nitrogen and oxygen atoms in total. The summed E-state index contributed by atoms with van der Waals surface area (Å²) >= 11 is 0. The Hall–Kier alpha value is -0.610. The number of piperidine rings is 1. The summed E-state index contributed by atoms with van der Waals surface area (Å²) in [6, 6.07) is 0. The molecular weight excluding hydrogens is 242 g/mol. The van der Waals surface area contributed by atoms with Crippen LogP contribution in [0.2, 0.25) is 0 Å². The maximum absolute atomic E-state index is 11.9. The first kappa shape index (κ1) is 16.4. The lowest BCUT2D eigenvalue weighted by Gasteiger charge is -2.52. The third kappa shape index (κ3) is 3.69. The molecule has 1 aliphatic rings. The third-order valence-electron chi connectivity index (χ3n) is 4.09. The van der Waals surface area contributed by atoms with Gasteiger partial charge in [-0.2, -0.15) is 0 Å². The Bertz CT molecular complexity index is 320. The number of aliphatic hydroxyl groups is 1. The summed E-state index contributed by atoms with van der Waals surface area (Å²) in [4.78, 5) is 11.9. The molecule has 1 fully saturated rings. The van der Waals surface area contributed by atoms with Gasteiger partial charge in [-0.3, -0.25) is 4.79 Å². The fourth-order valence-corrected chi connectivity index (χ4v) is 3.85. The average molecular weight is 271 g/mol. The van der Waals surface area contributed by atoms with Crippen molar-refractivity contribution >= 4 is 5.97 Å². The van der Waals surface area contributed by atoms with E-state index in [4.69, 9.17) is 0 Å². The van der Waals surface area contributed by atoms with E-state index in [9.17, 15) is 15.0 Å². The summed E-state index contributed by atoms with van der Waals surface area (Å²) in [7, 11) is 0. The third-order valence-corrected chi connectivity index (χ3v) is 4.09. The lowest BCUT2D eigenvalue weighted by molar-refractivity contribution is -0.167. The van der Waals surface area contributed by atoms with Crippen molar-refractivity contribution in [2.75, 3.05) is 0 Å². The number of hydrogen-bond donors (Lipinski definition) is 3. The summed E-state index contributed by atoms with van der Waals surface area (Å²) in [6.45, 7) is 10.1. The van der Waals surface area contributed by atoms with E-state index in [1.54, 1.807) is 0 Å². The zero-order chi connectivity index (χ0) is 14.9. The van der Waals surface area contributed by atoms with Crippen LogP contribution in [0.3, 0.4) is 0 Å². The Labute approximate surface area is 116 Å². The van der Waals surface area contributed by atoms with Crippen molar-refractivity contribution in [3.05, 3.63) is 0 Å². The van der Waals surface area contributed by atoms with Crippen LogP contribution in [0.25, 0.3) is 0 Å². The number of carboxylic acid groups (broad SMARTS) is 1. The maximum atomic E-state index is 11.9. The van der Waals surface area contributed by atoms with E-state index < -0.39 is 17.5 Å². The quantitative estimate of drug-likeness (QED) is 0.718. The Morgan fingerprint density at radius 1 is 1.21 bits per heavy atom. The number of aliphatic hydroxyl groups excluding tert-OH is 1. The van der Waals surface area contributed by atoms with Crippen LogP contribution in [0.4, 0.5) is 0 Å². The highest BCUT2D eigenvalue weighted by Crippen LogP contribution is 2.46. The second-order valence-electron chi connectivity index (χ2n) is 7.37. The number of rotatable bonds is 5. The van der Waals surface area contributed by atoms with Gasteiger partial charge in [0.15, 0.2) is 0 Å². The molecule has 1 saturated heterocycles. The van der Waals surface area contributed by atoms with E-state index in [2.05, 4.69) is 12.2 Å². The predicted octanol–water partition coefficient (Wildman–Crippen LogP) is 2.55. The summed E-state index contributed by atoms with van der Waals surface area (Å²) in [6.07, 6.45) is 2.55. The molecule has 0 spiro atoms. The molecular formula is C15H29NO3. The molecule has 0 bridgehead atoms. The molecule has 0 saturated carbocycles. The van der Waals surface area contributed by atoms with Gasteiger partial charge >= 0.3 is 5.97 Å². The lowest BCUT2D eigenvalue weighted by atomic mass is 9.62. The Kier molecular flexibility index (Phi) is 4.68. The second kappa shape index (κ2) is 5.41. The number of carboxylic acids is 1. The van der Waals surface area contributed by atoms with E-state index in [0.29, 0.717) is 19.3 Å². The fraction of sp³-hybridized carbons (Fsp3) is 0.933. The van der Waals surface area contributed by atoms with Crippen molar-refractivity contribution in [3.63, 3.8) is 0 Å². The van der Waals surface area contributed by atoms with E-state index in [0.717, 1.165) is 12.8 Å². The van der Waals surface area contributed by atoms with Crippen molar-refractivity contribution in [1.82, 2.24) is 5.32 Å². The lowest BCUT2D eigenvalue weighted by Crippen LogP contribution is -2.65. The van der Waals surface area contributed by atoms with Gasteiger partial charge in [0.25, 0.3) is 0 Å². The molecule has 4 heteroatoms. The fourth-order valence-electron chi connectivity index (χ4n) is 3.85. The molecule has 1 rings (SSSR count). The highest BCUT2D eigenvalue weighted by molar-refractivity contribution is 5.76. The van der Waals surface area contributed by atoms with Crippen LogP contribution in [-0.2, 0) is 4.79 Å². The van der Waals surface area contributed by atoms with Crippen LogP contribution in [0.1, 0.15) is 66.7 Å². The molecule has 0 aromatic carbocycles. The smallest absolute Gasteiger partial charge is 0.312 e. The van der Waals surface area contributed by atoms with Gasteiger partial charge in [0.1, 0.15) is 0 Å². The molecule has 19 heavy (non-hydrogen) atoms. The van der Waals surface area contributed by atoms with Crippen LogP contribution in [0.5, 0.6) is 0 Å². The number of carbonyl (C=O) groups is 1. The van der Waals surface area contributed by atoms with Crippen LogP contribution in [0, 0.1) is 5.41 Å². The van der Waals surface area contributed by atoms with Crippen LogP contribution in [0.15, 0.2) is 0 Å². The normalized spacial score (nSPS) is 25.8. The van der Waals surface area contributed by atoms with Gasteiger partial charge in [0.05, 0.1) is 11.5 Å². The average Bonchev–Trinajstić information content (AvgIpc) is 2.20. The largest absolute Gasteiger partial charge is 0.481 e. The minimum absolute atomic E-state index is 0.284. The molecule has 0 aromatic heterocycles. The van der Waals surface area contributed by atoms with Crippen molar-refractivity contribution < 1.29 is 15.0 Å². The minimum atomic E-state index is -1.03. The zero-order valence-electron chi connectivity index (χ0n) is 12.9. The molecule has 0 radical (unpaired) electrons. The molecule has 1 atom stereocenters. The van der Waals surface area contributed by atoms with E-state index in [1.807, 2.05) is 27.7 Å². The van der Waals surface area contributed by atoms with E-state index >= 15 is 0 Å². The molecule has 1 heterocycles. The highest BCUT2D eigenvalue weighted by atomic mass is 16.4. The summed E-state index contributed by atoms with van der Waals surface area (Å²) in [5.74, 6) is -0.862. The van der Waals surface area contributed by atoms with Gasteiger partial charge in [-0.05, 0) is 47.0 Å². The van der Waals surface area contributed by atoms with Crippen molar-refractivity contribution in [2.24, 2.45) is 5.41 Å². The molecule has 1 unspecified atom stereocenters. The van der Waals surface area contributed by atoms with Gasteiger partial charge in [-0.25, -0.2) is 0 Å². The molecule has 3 N–H and O–H groups in total. The predicted molar refractivity (Wildman–Crippen MR) is 76.1 cm³/mol. The molecule has 1 aliphatic heterocycles. The SMILES string of the molecule is CCCCC(O)C1(C(=O)O)CC(C)(C)NC(C)(C)C1. The topological polar surface area (TPSA) is 69.6 Å². The van der Waals surface area contributed by atoms with Crippen LogP contribution >= 0.6 is 0 Å². The second-order valence-corrected chi connectivity index (χ2v) is 7.37. The molecule has 0 aromatic rings. The monoisotopic (exact) mass is 271 g/mol. The Balaban J connectivity index is 3.07. The number of aliphatic carboxylic acids is 1. The standard InChI is InChI=1S/C15H29NO3/c1-6-7-8-11(17)15(12(18)19)9-13(2,3)16-14(4,5)10-15/h11,16-17H,6-10H2,1-5H3,(H,18,19). The van der Waals surface area contributed by atoms with Crippen LogP contribution in [-0.4, -0.2) is 33.4 Å². The van der Waals surface area contributed by atoms with Crippen molar-refractivity contribution in [1.29, 1.82) is 0 Å². The van der Waals surface area contributed by atoms with Crippen LogP contribution < -0.4 is 5.32 Å². The first-order chi connectivity index (χ1) is 8.55. The first-order valence-electron chi connectivity index (χ1n) is 7.25. The number of hydrogen-bond acceptors (Lipinski definition) is 3. The zero-order valence-corrected chi connectivity index (χ0v) is 12.9. The van der Waals surface area contributed by atoms with Crippen molar-refractivity contribution in [3.8, 4) is 0 Å². The number of nitrogens with one attached hydrogen (secondary N) is 1. The Morgan fingerprint density at radius 3 is 2.05 bits per heavy atom. The van der Waals surface area contributed by atoms with E-state index in [-0.39, 0.29) is 11.1 Å². The van der Waals surface area contributed by atoms with Gasteiger partial charge < -0.3 is 15.5 Å². The summed E-state index contributed by atoms with van der Waals surface area (Å²) in [5, 5.41) is 23.7. The Morgan fingerprint density at radius 2 is 1.68 bits per heavy atom. The van der Waals surface area contributed by atoms with Gasteiger partial charge in [0, 0.05) is 11.1 Å². The summed E-state index contributed by atoms with van der Waals surface area (Å²) < 4.78 is 0. The van der Waals surface area contributed by atoms with E-state index in [1.165, 1.54) is 0 Å². The van der Waals surface area contributed by atoms with Gasteiger partial charge in [-0.1, -0.05) is 19.8 Å². The molecule has 0 amide bonds. The van der Waals surface area contributed by atoms with Gasteiger partial charge in [-0.15, -0.1) is 0 Å². The number of unbranched alkanes of at least 4 members (excludes halogenated alkanes) is 1. The minimum Gasteiger partial charge on any atom is -0.481 e. The van der Waals surface area contributed by atoms with Gasteiger partial charge in [0.2, 0.25) is 0 Å². The molecule has 112 valence electrons. The van der Waals surface area contributed by atoms with Crippen molar-refractivity contribution in [2.45, 2.75) is 83.9 Å².